The van der Waals surface area contributed by atoms with Crippen LogP contribution in [-0.2, 0) is 9.53 Å². The number of fused-ring (bicyclic) bond motifs is 1. The van der Waals surface area contributed by atoms with Gasteiger partial charge in [0.05, 0.1) is 12.9 Å². The van der Waals surface area contributed by atoms with E-state index < -0.39 is 30.4 Å². The average molecular weight is 532 g/mol. The Morgan fingerprint density at radius 2 is 1.90 bits per heavy atom. The summed E-state index contributed by atoms with van der Waals surface area (Å²) in [7, 11) is 0. The molecule has 2 saturated carbocycles. The first-order valence-corrected chi connectivity index (χ1v) is 13.1. The number of nitrogens with two attached hydrogens (primary N) is 1. The fraction of sp³-hybridized carbons (Fsp3) is 0.444. The van der Waals surface area contributed by atoms with Crippen molar-refractivity contribution in [2.75, 3.05) is 12.3 Å². The van der Waals surface area contributed by atoms with Crippen LogP contribution in [0.5, 0.6) is 0 Å². The maximum atomic E-state index is 13.1. The molecule has 1 aliphatic heterocycles. The minimum atomic E-state index is -1.43. The van der Waals surface area contributed by atoms with E-state index in [2.05, 4.69) is 32.1 Å². The molecule has 39 heavy (non-hydrogen) atoms. The molecule has 0 radical (unpaired) electrons. The summed E-state index contributed by atoms with van der Waals surface area (Å²) in [5.74, 6) is 5.54. The van der Waals surface area contributed by atoms with Gasteiger partial charge in [0.25, 0.3) is 11.8 Å². The molecule has 12 nitrogen and oxygen atoms in total. The highest BCUT2D eigenvalue weighted by Gasteiger charge is 2.48. The second-order valence-corrected chi connectivity index (χ2v) is 10.2. The number of aliphatic hydroxyl groups is 2. The topological polar surface area (TPSA) is 169 Å². The Morgan fingerprint density at radius 1 is 1.13 bits per heavy atom. The number of hydrogen-bond donors (Lipinski definition) is 4. The van der Waals surface area contributed by atoms with Crippen LogP contribution in [-0.4, -0.2) is 83.4 Å². The summed E-state index contributed by atoms with van der Waals surface area (Å²) >= 11 is 0. The summed E-state index contributed by atoms with van der Waals surface area (Å²) in [5, 5.41) is 24.0. The molecule has 0 spiro atoms. The van der Waals surface area contributed by atoms with Gasteiger partial charge in [-0.2, -0.15) is 0 Å². The second kappa shape index (κ2) is 10.3. The Hall–Kier alpha value is -4.05. The van der Waals surface area contributed by atoms with E-state index in [0.29, 0.717) is 5.56 Å². The molecule has 3 aromatic rings. The van der Waals surface area contributed by atoms with Gasteiger partial charge in [-0.3, -0.25) is 14.2 Å². The number of benzene rings is 1. The fourth-order valence-corrected chi connectivity index (χ4v) is 4.81. The molecule has 12 heteroatoms. The zero-order valence-electron chi connectivity index (χ0n) is 21.1. The lowest BCUT2D eigenvalue weighted by molar-refractivity contribution is -0.137. The van der Waals surface area contributed by atoms with E-state index in [-0.39, 0.29) is 47.3 Å². The van der Waals surface area contributed by atoms with Gasteiger partial charge in [-0.15, -0.1) is 0 Å². The smallest absolute Gasteiger partial charge is 0.254 e. The third-order valence-electron chi connectivity index (χ3n) is 7.39. The van der Waals surface area contributed by atoms with Crippen LogP contribution in [0.15, 0.2) is 36.7 Å². The van der Waals surface area contributed by atoms with Crippen LogP contribution in [0, 0.1) is 11.8 Å². The molecule has 0 bridgehead atoms. The molecular formula is C27H29N7O5. The Balaban J connectivity index is 1.23. The molecule has 2 aromatic heterocycles. The second-order valence-electron chi connectivity index (χ2n) is 10.2. The molecule has 1 aromatic carbocycles. The van der Waals surface area contributed by atoms with Gasteiger partial charge in [0.2, 0.25) is 5.82 Å². The van der Waals surface area contributed by atoms with E-state index in [9.17, 15) is 19.8 Å². The first kappa shape index (κ1) is 25.2. The quantitative estimate of drug-likeness (QED) is 0.328. The number of imidazole rings is 1. The Morgan fingerprint density at radius 3 is 2.59 bits per heavy atom. The first-order valence-electron chi connectivity index (χ1n) is 13.1. The number of amides is 2. The fourth-order valence-electron chi connectivity index (χ4n) is 4.81. The normalized spacial score (nSPS) is 24.6. The number of aromatic nitrogens is 4. The van der Waals surface area contributed by atoms with Crippen molar-refractivity contribution >= 4 is 28.8 Å². The van der Waals surface area contributed by atoms with E-state index in [4.69, 9.17) is 10.5 Å². The predicted molar refractivity (Wildman–Crippen MR) is 139 cm³/mol. The standard InChI is InChI=1S/C27H29N7O5/c28-23-19-24(34(14-29-19)27-21(36)20(35)22(39-27)25(37)30-16-11-12-16)32-18(31-23)10-5-13-33(17-8-4-9-17)26(38)15-6-2-1-3-7-15/h1-3,6-7,14,16-17,20-22,27,35-36H,4,8-9,11-13H2,(H,30,37)(H2,28,31,32)/t20?,21-,22+,27-/m1/s1. The third kappa shape index (κ3) is 4.92. The van der Waals surface area contributed by atoms with Crippen LogP contribution in [0.25, 0.3) is 11.2 Å². The van der Waals surface area contributed by atoms with E-state index >= 15 is 0 Å². The predicted octanol–water partition coefficient (Wildman–Crippen LogP) is 0.353. The third-order valence-corrected chi connectivity index (χ3v) is 7.39. The number of nitrogen functional groups attached to an aromatic ring is 1. The summed E-state index contributed by atoms with van der Waals surface area (Å²) in [6.45, 7) is 0.202. The largest absolute Gasteiger partial charge is 0.387 e. The van der Waals surface area contributed by atoms with Crippen molar-refractivity contribution in [3.05, 3.63) is 48.0 Å². The van der Waals surface area contributed by atoms with Gasteiger partial charge in [-0.05, 0) is 50.2 Å². The number of nitrogens with one attached hydrogen (secondary N) is 1. The molecule has 2 aliphatic carbocycles. The number of rotatable bonds is 6. The van der Waals surface area contributed by atoms with Crippen LogP contribution in [0.3, 0.4) is 0 Å². The molecule has 4 atom stereocenters. The van der Waals surface area contributed by atoms with E-state index in [1.165, 1.54) is 10.9 Å². The number of aliphatic hydroxyl groups excluding tert-OH is 2. The number of anilines is 1. The number of carbonyl (C=O) groups is 2. The molecular weight excluding hydrogens is 502 g/mol. The molecule has 3 aliphatic rings. The first-order chi connectivity index (χ1) is 18.9. The Labute approximate surface area is 224 Å². The maximum Gasteiger partial charge on any atom is 0.254 e. The lowest BCUT2D eigenvalue weighted by Gasteiger charge is -2.36. The summed E-state index contributed by atoms with van der Waals surface area (Å²) in [4.78, 5) is 40.3. The van der Waals surface area contributed by atoms with Crippen LogP contribution in [0.2, 0.25) is 0 Å². The van der Waals surface area contributed by atoms with E-state index in [1.807, 2.05) is 18.2 Å². The van der Waals surface area contributed by atoms with Gasteiger partial charge < -0.3 is 30.9 Å². The van der Waals surface area contributed by atoms with E-state index in [1.54, 1.807) is 17.0 Å². The van der Waals surface area contributed by atoms with Crippen molar-refractivity contribution in [1.29, 1.82) is 0 Å². The number of ether oxygens (including phenoxy) is 1. The molecule has 6 rings (SSSR count). The van der Waals surface area contributed by atoms with Crippen molar-refractivity contribution in [2.24, 2.45) is 0 Å². The number of hydrogen-bond acceptors (Lipinski definition) is 9. The van der Waals surface area contributed by atoms with E-state index in [0.717, 1.165) is 32.1 Å². The van der Waals surface area contributed by atoms with Gasteiger partial charge in [0.1, 0.15) is 17.7 Å². The van der Waals surface area contributed by atoms with Gasteiger partial charge in [0.15, 0.2) is 23.8 Å². The summed E-state index contributed by atoms with van der Waals surface area (Å²) in [6.07, 6.45) is 0.891. The van der Waals surface area contributed by atoms with Gasteiger partial charge in [-0.25, -0.2) is 15.0 Å². The summed E-state index contributed by atoms with van der Waals surface area (Å²) in [5.41, 5.74) is 7.25. The van der Waals surface area contributed by atoms with Crippen molar-refractivity contribution in [2.45, 2.75) is 68.7 Å². The average Bonchev–Trinajstić information content (AvgIpc) is 3.54. The minimum absolute atomic E-state index is 0.0743. The molecule has 202 valence electrons. The number of nitrogens with zero attached hydrogens (tertiary/aromatic N) is 5. The molecule has 3 fully saturated rings. The lowest BCUT2D eigenvalue weighted by atomic mass is 9.91. The molecule has 3 heterocycles. The van der Waals surface area contributed by atoms with Crippen LogP contribution >= 0.6 is 0 Å². The summed E-state index contributed by atoms with van der Waals surface area (Å²) in [6, 6.07) is 9.33. The van der Waals surface area contributed by atoms with Gasteiger partial charge >= 0.3 is 0 Å². The number of carbonyl (C=O) groups excluding carboxylic acids is 2. The monoisotopic (exact) mass is 531 g/mol. The van der Waals surface area contributed by atoms with Crippen molar-refractivity contribution in [3.8, 4) is 11.8 Å². The lowest BCUT2D eigenvalue weighted by Crippen LogP contribution is -2.44. The molecule has 5 N–H and O–H groups in total. The van der Waals surface area contributed by atoms with Crippen LogP contribution < -0.4 is 11.1 Å². The Bertz CT molecular complexity index is 1460. The zero-order chi connectivity index (χ0) is 27.1. The maximum absolute atomic E-state index is 13.1. The molecule has 1 unspecified atom stereocenters. The van der Waals surface area contributed by atoms with Crippen LogP contribution in [0.4, 0.5) is 5.82 Å². The van der Waals surface area contributed by atoms with Crippen molar-refractivity contribution < 1.29 is 24.5 Å². The minimum Gasteiger partial charge on any atom is -0.387 e. The Kier molecular flexibility index (Phi) is 6.64. The highest BCUT2D eigenvalue weighted by molar-refractivity contribution is 5.94. The van der Waals surface area contributed by atoms with Gasteiger partial charge in [-0.1, -0.05) is 24.1 Å². The van der Waals surface area contributed by atoms with Crippen molar-refractivity contribution in [3.63, 3.8) is 0 Å². The molecule has 2 amide bonds. The van der Waals surface area contributed by atoms with Crippen LogP contribution in [0.1, 0.15) is 54.5 Å². The highest BCUT2D eigenvalue weighted by Crippen LogP contribution is 2.33. The summed E-state index contributed by atoms with van der Waals surface area (Å²) < 4.78 is 7.18. The van der Waals surface area contributed by atoms with Gasteiger partial charge in [0, 0.05) is 17.6 Å². The zero-order valence-corrected chi connectivity index (χ0v) is 21.1. The molecule has 1 saturated heterocycles. The highest BCUT2D eigenvalue weighted by atomic mass is 16.6. The van der Waals surface area contributed by atoms with Crippen molar-refractivity contribution in [1.82, 2.24) is 29.7 Å². The SMILES string of the molecule is Nc1nc(C#CCN(C(=O)c2ccccc2)C2CCC2)nc2c1ncn2[C@@H]1O[C@H](C(=O)NC2CC2)C(O)[C@H]1O.